The fraction of sp³-hybridized carbons (Fsp3) is 0.583. The largest absolute Gasteiger partial charge is 0.476 e. The summed E-state index contributed by atoms with van der Waals surface area (Å²) in [6, 6.07) is -0.258. The molecule has 1 rings (SSSR count). The molecule has 0 aliphatic heterocycles. The highest BCUT2D eigenvalue weighted by Gasteiger charge is 2.07. The quantitative estimate of drug-likeness (QED) is 0.630. The Bertz CT molecular complexity index is 446. The molecule has 1 atom stereocenters. The SMILES string of the molecule is COCC(C)CNC(=O)NCCn1cnc(C(=O)O)c1. The van der Waals surface area contributed by atoms with Crippen molar-refractivity contribution in [3.05, 3.63) is 18.2 Å². The maximum atomic E-state index is 11.5. The maximum absolute atomic E-state index is 11.5. The number of imidazole rings is 1. The molecule has 3 N–H and O–H groups in total. The zero-order chi connectivity index (χ0) is 15.0. The lowest BCUT2D eigenvalue weighted by molar-refractivity contribution is 0.0691. The first-order valence-corrected chi connectivity index (χ1v) is 6.28. The number of nitrogens with zero attached hydrogens (tertiary/aromatic N) is 2. The van der Waals surface area contributed by atoms with Crippen LogP contribution in [0.3, 0.4) is 0 Å². The Balaban J connectivity index is 2.19. The van der Waals surface area contributed by atoms with E-state index in [9.17, 15) is 9.59 Å². The molecule has 1 heterocycles. The molecular formula is C12H20N4O4. The minimum Gasteiger partial charge on any atom is -0.476 e. The van der Waals surface area contributed by atoms with Gasteiger partial charge >= 0.3 is 12.0 Å². The van der Waals surface area contributed by atoms with Crippen molar-refractivity contribution in [2.75, 3.05) is 26.8 Å². The van der Waals surface area contributed by atoms with Crippen LogP contribution in [0.4, 0.5) is 4.79 Å². The summed E-state index contributed by atoms with van der Waals surface area (Å²) in [6.07, 6.45) is 2.84. The van der Waals surface area contributed by atoms with Gasteiger partial charge in [-0.25, -0.2) is 14.6 Å². The number of ether oxygens (including phenoxy) is 1. The number of aromatic carboxylic acids is 1. The minimum atomic E-state index is -1.07. The van der Waals surface area contributed by atoms with E-state index in [0.717, 1.165) is 0 Å². The van der Waals surface area contributed by atoms with Crippen molar-refractivity contribution >= 4 is 12.0 Å². The molecule has 8 nitrogen and oxygen atoms in total. The molecule has 1 aromatic rings. The first kappa shape index (κ1) is 16.0. The van der Waals surface area contributed by atoms with Crippen LogP contribution in [0.15, 0.2) is 12.5 Å². The van der Waals surface area contributed by atoms with Gasteiger partial charge in [-0.1, -0.05) is 6.92 Å². The van der Waals surface area contributed by atoms with Crippen LogP contribution >= 0.6 is 0 Å². The minimum absolute atomic E-state index is 0.0113. The van der Waals surface area contributed by atoms with Gasteiger partial charge in [0.25, 0.3) is 0 Å². The molecule has 0 radical (unpaired) electrons. The average molecular weight is 284 g/mol. The third kappa shape index (κ3) is 5.70. The first-order chi connectivity index (χ1) is 9.52. The van der Waals surface area contributed by atoms with Crippen LogP contribution in [0.2, 0.25) is 0 Å². The molecule has 0 aromatic carbocycles. The fourth-order valence-corrected chi connectivity index (χ4v) is 1.56. The van der Waals surface area contributed by atoms with Crippen molar-refractivity contribution in [1.29, 1.82) is 0 Å². The summed E-state index contributed by atoms with van der Waals surface area (Å²) in [6.45, 7) is 3.95. The predicted molar refractivity (Wildman–Crippen MR) is 71.6 cm³/mol. The Morgan fingerprint density at radius 3 is 2.85 bits per heavy atom. The smallest absolute Gasteiger partial charge is 0.356 e. The van der Waals surface area contributed by atoms with E-state index in [1.54, 1.807) is 11.7 Å². The number of carbonyl (C=O) groups excluding carboxylic acids is 1. The first-order valence-electron chi connectivity index (χ1n) is 6.28. The molecule has 112 valence electrons. The highest BCUT2D eigenvalue weighted by atomic mass is 16.5. The average Bonchev–Trinajstić information content (AvgIpc) is 2.86. The second kappa shape index (κ2) is 8.16. The van der Waals surface area contributed by atoms with Gasteiger partial charge in [-0.3, -0.25) is 0 Å². The second-order valence-electron chi connectivity index (χ2n) is 4.50. The molecule has 20 heavy (non-hydrogen) atoms. The summed E-state index contributed by atoms with van der Waals surface area (Å²) >= 11 is 0. The second-order valence-corrected chi connectivity index (χ2v) is 4.50. The topological polar surface area (TPSA) is 105 Å². The molecule has 0 saturated carbocycles. The summed E-state index contributed by atoms with van der Waals surface area (Å²) in [5.74, 6) is -0.820. The normalized spacial score (nSPS) is 11.9. The van der Waals surface area contributed by atoms with E-state index in [2.05, 4.69) is 15.6 Å². The van der Waals surface area contributed by atoms with Gasteiger partial charge in [0, 0.05) is 32.9 Å². The Hall–Kier alpha value is -2.09. The number of hydrogen-bond donors (Lipinski definition) is 3. The lowest BCUT2D eigenvalue weighted by Crippen LogP contribution is -2.39. The van der Waals surface area contributed by atoms with Gasteiger partial charge in [-0.15, -0.1) is 0 Å². The molecule has 0 bridgehead atoms. The van der Waals surface area contributed by atoms with Crippen LogP contribution in [-0.4, -0.2) is 53.5 Å². The highest BCUT2D eigenvalue weighted by Crippen LogP contribution is 1.95. The number of hydrogen-bond acceptors (Lipinski definition) is 4. The molecule has 2 amide bonds. The van der Waals surface area contributed by atoms with Crippen molar-refractivity contribution in [3.8, 4) is 0 Å². The van der Waals surface area contributed by atoms with E-state index in [1.165, 1.54) is 12.5 Å². The molecule has 8 heteroatoms. The van der Waals surface area contributed by atoms with Crippen LogP contribution in [0.25, 0.3) is 0 Å². The zero-order valence-electron chi connectivity index (χ0n) is 11.6. The number of methoxy groups -OCH3 is 1. The van der Waals surface area contributed by atoms with Crippen LogP contribution in [0.1, 0.15) is 17.4 Å². The van der Waals surface area contributed by atoms with Crippen LogP contribution in [0, 0.1) is 5.92 Å². The van der Waals surface area contributed by atoms with Gasteiger partial charge in [-0.05, 0) is 5.92 Å². The third-order valence-electron chi connectivity index (χ3n) is 2.57. The van der Waals surface area contributed by atoms with Gasteiger partial charge in [-0.2, -0.15) is 0 Å². The number of rotatable bonds is 8. The summed E-state index contributed by atoms with van der Waals surface area (Å²) in [4.78, 5) is 25.8. The molecule has 1 aromatic heterocycles. The van der Waals surface area contributed by atoms with Crippen molar-refractivity contribution < 1.29 is 19.4 Å². The molecule has 0 spiro atoms. The molecule has 0 aliphatic carbocycles. The summed E-state index contributed by atoms with van der Waals surface area (Å²) in [5.41, 5.74) is -0.0113. The van der Waals surface area contributed by atoms with E-state index in [4.69, 9.17) is 9.84 Å². The molecular weight excluding hydrogens is 264 g/mol. The summed E-state index contributed by atoms with van der Waals surface area (Å²) in [5, 5.41) is 14.1. The van der Waals surface area contributed by atoms with Crippen molar-refractivity contribution in [1.82, 2.24) is 20.2 Å². The van der Waals surface area contributed by atoms with Crippen molar-refractivity contribution in [2.45, 2.75) is 13.5 Å². The van der Waals surface area contributed by atoms with E-state index >= 15 is 0 Å². The van der Waals surface area contributed by atoms with Crippen LogP contribution < -0.4 is 10.6 Å². The number of aromatic nitrogens is 2. The summed E-state index contributed by atoms with van der Waals surface area (Å²) < 4.78 is 6.57. The van der Waals surface area contributed by atoms with Crippen LogP contribution in [0.5, 0.6) is 0 Å². The van der Waals surface area contributed by atoms with Crippen LogP contribution in [-0.2, 0) is 11.3 Å². The number of carboxylic acids is 1. The van der Waals surface area contributed by atoms with E-state index in [-0.39, 0.29) is 17.6 Å². The molecule has 0 saturated heterocycles. The lowest BCUT2D eigenvalue weighted by Gasteiger charge is -2.12. The zero-order valence-corrected chi connectivity index (χ0v) is 11.6. The molecule has 0 aliphatic rings. The predicted octanol–water partition coefficient (Wildman–Crippen LogP) is 0.163. The van der Waals surface area contributed by atoms with Gasteiger partial charge in [0.1, 0.15) is 0 Å². The Kier molecular flexibility index (Phi) is 6.51. The Morgan fingerprint density at radius 2 is 2.25 bits per heavy atom. The summed E-state index contributed by atoms with van der Waals surface area (Å²) in [7, 11) is 1.62. The third-order valence-corrected chi connectivity index (χ3v) is 2.57. The lowest BCUT2D eigenvalue weighted by atomic mass is 10.2. The molecule has 1 unspecified atom stereocenters. The van der Waals surface area contributed by atoms with Gasteiger partial charge in [0.05, 0.1) is 12.9 Å². The van der Waals surface area contributed by atoms with Gasteiger partial charge in [0.15, 0.2) is 5.69 Å². The number of amides is 2. The number of nitrogens with one attached hydrogen (secondary N) is 2. The van der Waals surface area contributed by atoms with Crippen molar-refractivity contribution in [2.24, 2.45) is 5.92 Å². The maximum Gasteiger partial charge on any atom is 0.356 e. The van der Waals surface area contributed by atoms with Gasteiger partial charge < -0.3 is 25.0 Å². The van der Waals surface area contributed by atoms with E-state index < -0.39 is 5.97 Å². The fourth-order valence-electron chi connectivity index (χ4n) is 1.56. The number of carbonyl (C=O) groups is 2. The number of carboxylic acid groups (broad SMARTS) is 1. The molecule has 0 fully saturated rings. The van der Waals surface area contributed by atoms with Crippen molar-refractivity contribution in [3.63, 3.8) is 0 Å². The van der Waals surface area contributed by atoms with E-state index in [1.807, 2.05) is 6.92 Å². The number of urea groups is 1. The Labute approximate surface area is 117 Å². The highest BCUT2D eigenvalue weighted by molar-refractivity contribution is 5.84. The standard InChI is InChI=1S/C12H20N4O4/c1-9(7-20-2)5-14-12(19)13-3-4-16-6-10(11(17)18)15-8-16/h6,8-9H,3-5,7H2,1-2H3,(H,17,18)(H2,13,14,19). The van der Waals surface area contributed by atoms with Gasteiger partial charge in [0.2, 0.25) is 0 Å². The monoisotopic (exact) mass is 284 g/mol. The Morgan fingerprint density at radius 1 is 1.50 bits per heavy atom. The van der Waals surface area contributed by atoms with E-state index in [0.29, 0.717) is 26.2 Å².